The molecule has 92 valence electrons. The number of ketones is 1. The molecule has 1 heterocycles. The number of hydrogen-bond acceptors (Lipinski definition) is 2. The molecule has 0 saturated carbocycles. The third-order valence-electron chi connectivity index (χ3n) is 3.27. The van der Waals surface area contributed by atoms with Crippen molar-refractivity contribution < 1.29 is 4.79 Å². The van der Waals surface area contributed by atoms with Crippen molar-refractivity contribution in [2.75, 3.05) is 36.9 Å². The zero-order chi connectivity index (χ0) is 12.1. The average molecular weight is 250 g/mol. The fourth-order valence-electron chi connectivity index (χ4n) is 2.08. The maximum atomic E-state index is 12.1. The van der Waals surface area contributed by atoms with Crippen molar-refractivity contribution >= 4 is 16.7 Å². The van der Waals surface area contributed by atoms with Crippen LogP contribution in [0, 0.1) is 0 Å². The van der Waals surface area contributed by atoms with Crippen molar-refractivity contribution in [3.05, 3.63) is 35.9 Å². The van der Waals surface area contributed by atoms with Gasteiger partial charge in [-0.05, 0) is 17.4 Å². The highest BCUT2D eigenvalue weighted by Gasteiger charge is 2.28. The van der Waals surface area contributed by atoms with Gasteiger partial charge in [0.25, 0.3) is 0 Å². The largest absolute Gasteiger partial charge is 0.294 e. The van der Waals surface area contributed by atoms with Crippen LogP contribution in [0.2, 0.25) is 0 Å². The summed E-state index contributed by atoms with van der Waals surface area (Å²) in [7, 11) is 0.311. The number of benzene rings is 1. The summed E-state index contributed by atoms with van der Waals surface area (Å²) >= 11 is 0. The van der Waals surface area contributed by atoms with Gasteiger partial charge in [-0.25, -0.2) is 0 Å². The van der Waals surface area contributed by atoms with Crippen LogP contribution in [-0.4, -0.2) is 47.6 Å². The van der Waals surface area contributed by atoms with Gasteiger partial charge in [0.05, 0.1) is 0 Å². The summed E-state index contributed by atoms with van der Waals surface area (Å²) in [5, 5.41) is 0. The van der Waals surface area contributed by atoms with Gasteiger partial charge in [0, 0.05) is 18.7 Å². The van der Waals surface area contributed by atoms with Gasteiger partial charge in [-0.3, -0.25) is 9.69 Å². The highest BCUT2D eigenvalue weighted by molar-refractivity contribution is 7.97. The lowest BCUT2D eigenvalue weighted by Crippen LogP contribution is -2.42. The molecule has 0 spiro atoms. The third kappa shape index (κ3) is 3.58. The fourth-order valence-corrected chi connectivity index (χ4v) is 4.15. The Kier molecular flexibility index (Phi) is 4.63. The summed E-state index contributed by atoms with van der Waals surface area (Å²) in [4.78, 5) is 14.5. The van der Waals surface area contributed by atoms with E-state index in [0.29, 0.717) is 16.7 Å². The minimum atomic E-state index is 0.311. The molecular formula is C14H20NOS+. The van der Waals surface area contributed by atoms with E-state index >= 15 is 0 Å². The van der Waals surface area contributed by atoms with Gasteiger partial charge in [0.15, 0.2) is 5.75 Å². The molecule has 1 aromatic rings. The van der Waals surface area contributed by atoms with Gasteiger partial charge in [-0.1, -0.05) is 37.3 Å². The molecule has 1 aliphatic rings. The Hall–Kier alpha value is -0.800. The highest BCUT2D eigenvalue weighted by atomic mass is 32.2. The Balaban J connectivity index is 1.84. The summed E-state index contributed by atoms with van der Waals surface area (Å²) < 4.78 is 0. The van der Waals surface area contributed by atoms with Crippen molar-refractivity contribution in [3.63, 3.8) is 0 Å². The Bertz CT molecular complexity index is 358. The van der Waals surface area contributed by atoms with E-state index in [1.165, 1.54) is 24.6 Å². The summed E-state index contributed by atoms with van der Waals surface area (Å²) in [6.45, 7) is 5.69. The first-order valence-electron chi connectivity index (χ1n) is 6.24. The predicted molar refractivity (Wildman–Crippen MR) is 74.9 cm³/mol. The molecule has 1 fully saturated rings. The van der Waals surface area contributed by atoms with E-state index in [0.717, 1.165) is 17.9 Å². The first-order valence-corrected chi connectivity index (χ1v) is 7.97. The van der Waals surface area contributed by atoms with E-state index in [4.69, 9.17) is 0 Å². The van der Waals surface area contributed by atoms with Gasteiger partial charge in [0.2, 0.25) is 5.78 Å². The van der Waals surface area contributed by atoms with Crippen molar-refractivity contribution in [2.24, 2.45) is 0 Å². The molecular weight excluding hydrogens is 230 g/mol. The maximum Gasteiger partial charge on any atom is 0.211 e. The third-order valence-corrected chi connectivity index (χ3v) is 5.46. The second-order valence-corrected chi connectivity index (χ2v) is 6.72. The van der Waals surface area contributed by atoms with E-state index in [1.807, 2.05) is 30.3 Å². The monoisotopic (exact) mass is 250 g/mol. The lowest BCUT2D eigenvalue weighted by atomic mass is 10.2. The molecule has 0 atom stereocenters. The molecule has 2 nitrogen and oxygen atoms in total. The van der Waals surface area contributed by atoms with Crippen molar-refractivity contribution in [2.45, 2.75) is 6.92 Å². The van der Waals surface area contributed by atoms with Crippen LogP contribution in [0.4, 0.5) is 0 Å². The number of hydrogen-bond donors (Lipinski definition) is 0. The van der Waals surface area contributed by atoms with E-state index in [1.54, 1.807) is 0 Å². The molecule has 2 rings (SSSR count). The van der Waals surface area contributed by atoms with Gasteiger partial charge in [-0.15, -0.1) is 0 Å². The van der Waals surface area contributed by atoms with E-state index in [9.17, 15) is 4.79 Å². The lowest BCUT2D eigenvalue weighted by molar-refractivity contribution is 0.102. The van der Waals surface area contributed by atoms with Crippen LogP contribution in [0.5, 0.6) is 0 Å². The van der Waals surface area contributed by atoms with Gasteiger partial charge in [-0.2, -0.15) is 0 Å². The Morgan fingerprint density at radius 3 is 2.47 bits per heavy atom. The van der Waals surface area contributed by atoms with Gasteiger partial charge in [0.1, 0.15) is 11.5 Å². The molecule has 17 heavy (non-hydrogen) atoms. The molecule has 0 aliphatic carbocycles. The zero-order valence-corrected chi connectivity index (χ0v) is 11.2. The molecule has 0 aromatic heterocycles. The molecule has 0 N–H and O–H groups in total. The Morgan fingerprint density at radius 2 is 1.88 bits per heavy atom. The molecule has 0 radical (unpaired) electrons. The average Bonchev–Trinajstić information content (AvgIpc) is 2.40. The Morgan fingerprint density at radius 1 is 1.24 bits per heavy atom. The molecule has 0 amide bonds. The fraction of sp³-hybridized carbons (Fsp3) is 0.500. The zero-order valence-electron chi connectivity index (χ0n) is 10.4. The second kappa shape index (κ2) is 6.22. The topological polar surface area (TPSA) is 20.3 Å². The second-order valence-electron chi connectivity index (χ2n) is 4.39. The van der Waals surface area contributed by atoms with Crippen LogP contribution >= 0.6 is 0 Å². The van der Waals surface area contributed by atoms with Crippen LogP contribution in [0.1, 0.15) is 17.3 Å². The highest BCUT2D eigenvalue weighted by Crippen LogP contribution is 2.10. The molecule has 1 aromatic carbocycles. The molecule has 3 heteroatoms. The number of nitrogens with zero attached hydrogens (tertiary/aromatic N) is 1. The maximum absolute atomic E-state index is 12.1. The van der Waals surface area contributed by atoms with Crippen LogP contribution < -0.4 is 0 Å². The van der Waals surface area contributed by atoms with E-state index in [2.05, 4.69) is 11.8 Å². The van der Waals surface area contributed by atoms with Crippen molar-refractivity contribution in [1.82, 2.24) is 4.90 Å². The standard InChI is InChI=1S/C14H20NOS/c1-2-15-8-10-17(11-9-15)12-14(16)13-6-4-3-5-7-13/h3-7H,2,8-12H2,1H3/q+1. The summed E-state index contributed by atoms with van der Waals surface area (Å²) in [5.41, 5.74) is 0.873. The van der Waals surface area contributed by atoms with Crippen LogP contribution in [-0.2, 0) is 10.9 Å². The van der Waals surface area contributed by atoms with Crippen LogP contribution in [0.15, 0.2) is 30.3 Å². The normalized spacial score (nSPS) is 18.2. The molecule has 1 aliphatic heterocycles. The van der Waals surface area contributed by atoms with Gasteiger partial charge < -0.3 is 0 Å². The van der Waals surface area contributed by atoms with Crippen LogP contribution in [0.25, 0.3) is 0 Å². The SMILES string of the molecule is CCN1CC[S+](CC(=O)c2ccccc2)CC1. The minimum Gasteiger partial charge on any atom is -0.294 e. The number of carbonyl (C=O) groups excluding carboxylic acids is 1. The number of Topliss-reactive ketones (excluding diaryl/α,β-unsaturated/α-hetero) is 1. The molecule has 0 unspecified atom stereocenters. The first-order chi connectivity index (χ1) is 8.29. The first kappa shape index (κ1) is 12.7. The number of carbonyl (C=O) groups is 1. The molecule has 0 bridgehead atoms. The smallest absolute Gasteiger partial charge is 0.211 e. The minimum absolute atomic E-state index is 0.311. The van der Waals surface area contributed by atoms with Crippen molar-refractivity contribution in [1.29, 1.82) is 0 Å². The Labute approximate surface area is 106 Å². The quantitative estimate of drug-likeness (QED) is 0.600. The summed E-state index contributed by atoms with van der Waals surface area (Å²) in [6, 6.07) is 9.69. The molecule has 1 saturated heterocycles. The van der Waals surface area contributed by atoms with Crippen molar-refractivity contribution in [3.8, 4) is 0 Å². The number of rotatable bonds is 4. The summed E-state index contributed by atoms with van der Waals surface area (Å²) in [5.74, 6) is 3.47. The van der Waals surface area contributed by atoms with Gasteiger partial charge >= 0.3 is 0 Å². The summed E-state index contributed by atoms with van der Waals surface area (Å²) in [6.07, 6.45) is 0. The van der Waals surface area contributed by atoms with Crippen LogP contribution in [0.3, 0.4) is 0 Å². The lowest BCUT2D eigenvalue weighted by Gasteiger charge is -2.24. The predicted octanol–water partition coefficient (Wildman–Crippen LogP) is 1.82. The van der Waals surface area contributed by atoms with E-state index in [-0.39, 0.29) is 0 Å². The van der Waals surface area contributed by atoms with E-state index < -0.39 is 0 Å².